The van der Waals surface area contributed by atoms with Crippen LogP contribution in [-0.2, 0) is 0 Å². The molecule has 1 rings (SSSR count). The van der Waals surface area contributed by atoms with Gasteiger partial charge in [-0.1, -0.05) is 0 Å². The highest BCUT2D eigenvalue weighted by molar-refractivity contribution is 5.31. The van der Waals surface area contributed by atoms with E-state index in [1.807, 2.05) is 0 Å². The SMILES string of the molecule is CNC(O)c1cc(F)c(OC)cc1F. The standard InChI is InChI=1S/C9H11F2NO2/c1-12-9(13)5-3-7(11)8(14-2)4-6(5)10/h3-4,9,12-13H,1-2H3. The molecule has 0 amide bonds. The molecule has 78 valence electrons. The number of hydrogen-bond acceptors (Lipinski definition) is 3. The lowest BCUT2D eigenvalue weighted by molar-refractivity contribution is 0.144. The summed E-state index contributed by atoms with van der Waals surface area (Å²) >= 11 is 0. The summed E-state index contributed by atoms with van der Waals surface area (Å²) in [6.45, 7) is 0. The molecule has 1 unspecified atom stereocenters. The maximum atomic E-state index is 13.2. The molecule has 3 nitrogen and oxygen atoms in total. The van der Waals surface area contributed by atoms with Gasteiger partial charge >= 0.3 is 0 Å². The van der Waals surface area contributed by atoms with Gasteiger partial charge in [0.1, 0.15) is 12.0 Å². The van der Waals surface area contributed by atoms with Crippen LogP contribution in [0.5, 0.6) is 5.75 Å². The Kier molecular flexibility index (Phi) is 3.38. The predicted octanol–water partition coefficient (Wildman–Crippen LogP) is 1.18. The van der Waals surface area contributed by atoms with Crippen molar-refractivity contribution in [1.82, 2.24) is 5.32 Å². The van der Waals surface area contributed by atoms with E-state index in [4.69, 9.17) is 0 Å². The normalized spacial score (nSPS) is 12.6. The van der Waals surface area contributed by atoms with E-state index in [2.05, 4.69) is 10.1 Å². The van der Waals surface area contributed by atoms with Crippen molar-refractivity contribution in [3.63, 3.8) is 0 Å². The highest BCUT2D eigenvalue weighted by atomic mass is 19.1. The third-order valence-corrected chi connectivity index (χ3v) is 1.84. The van der Waals surface area contributed by atoms with E-state index < -0.39 is 17.9 Å². The number of ether oxygens (including phenoxy) is 1. The van der Waals surface area contributed by atoms with Crippen LogP contribution in [0.2, 0.25) is 0 Å². The van der Waals surface area contributed by atoms with Crippen molar-refractivity contribution >= 4 is 0 Å². The van der Waals surface area contributed by atoms with Gasteiger partial charge in [0.25, 0.3) is 0 Å². The molecule has 14 heavy (non-hydrogen) atoms. The molecule has 0 heterocycles. The summed E-state index contributed by atoms with van der Waals surface area (Å²) in [7, 11) is 2.68. The number of halogens is 2. The third-order valence-electron chi connectivity index (χ3n) is 1.84. The molecule has 0 aromatic heterocycles. The topological polar surface area (TPSA) is 41.5 Å². The molecular formula is C9H11F2NO2. The van der Waals surface area contributed by atoms with E-state index in [-0.39, 0.29) is 11.3 Å². The third kappa shape index (κ3) is 2.00. The van der Waals surface area contributed by atoms with E-state index >= 15 is 0 Å². The fourth-order valence-electron chi connectivity index (χ4n) is 1.07. The minimum absolute atomic E-state index is 0.147. The zero-order valence-electron chi connectivity index (χ0n) is 7.84. The van der Waals surface area contributed by atoms with Crippen LogP contribution < -0.4 is 10.1 Å². The average molecular weight is 203 g/mol. The molecule has 5 heteroatoms. The van der Waals surface area contributed by atoms with Crippen LogP contribution in [0.3, 0.4) is 0 Å². The zero-order valence-corrected chi connectivity index (χ0v) is 7.84. The molecule has 0 bridgehead atoms. The largest absolute Gasteiger partial charge is 0.494 e. The Balaban J connectivity index is 3.14. The Labute approximate surface area is 80.3 Å². The summed E-state index contributed by atoms with van der Waals surface area (Å²) in [6.07, 6.45) is -1.23. The quantitative estimate of drug-likeness (QED) is 0.725. The van der Waals surface area contributed by atoms with E-state index in [1.54, 1.807) is 0 Å². The first-order chi connectivity index (χ1) is 6.60. The molecule has 0 aliphatic heterocycles. The fraction of sp³-hybridized carbons (Fsp3) is 0.333. The minimum atomic E-state index is -1.23. The van der Waals surface area contributed by atoms with Crippen molar-refractivity contribution in [3.05, 3.63) is 29.3 Å². The van der Waals surface area contributed by atoms with Gasteiger partial charge in [-0.2, -0.15) is 0 Å². The van der Waals surface area contributed by atoms with Crippen molar-refractivity contribution in [3.8, 4) is 5.75 Å². The molecular weight excluding hydrogens is 192 g/mol. The Hall–Kier alpha value is -1.20. The van der Waals surface area contributed by atoms with Crippen molar-refractivity contribution in [2.75, 3.05) is 14.2 Å². The maximum absolute atomic E-state index is 13.2. The van der Waals surface area contributed by atoms with Gasteiger partial charge < -0.3 is 9.84 Å². The number of aliphatic hydroxyl groups is 1. The molecule has 0 aliphatic carbocycles. The zero-order chi connectivity index (χ0) is 10.7. The van der Waals surface area contributed by atoms with Crippen LogP contribution in [0, 0.1) is 11.6 Å². The van der Waals surface area contributed by atoms with Crippen molar-refractivity contribution in [2.45, 2.75) is 6.23 Å². The van der Waals surface area contributed by atoms with Crippen LogP contribution in [0.25, 0.3) is 0 Å². The predicted molar refractivity (Wildman–Crippen MR) is 46.9 cm³/mol. The number of nitrogens with one attached hydrogen (secondary N) is 1. The molecule has 0 spiro atoms. The number of benzene rings is 1. The highest BCUT2D eigenvalue weighted by Crippen LogP contribution is 2.24. The van der Waals surface area contributed by atoms with Crippen LogP contribution >= 0.6 is 0 Å². The molecule has 0 saturated heterocycles. The first kappa shape index (κ1) is 10.9. The van der Waals surface area contributed by atoms with Gasteiger partial charge in [0.15, 0.2) is 11.6 Å². The second-order valence-corrected chi connectivity index (χ2v) is 2.70. The molecule has 2 N–H and O–H groups in total. The number of aliphatic hydroxyl groups excluding tert-OH is 1. The van der Waals surface area contributed by atoms with Gasteiger partial charge in [0.2, 0.25) is 0 Å². The molecule has 1 atom stereocenters. The van der Waals surface area contributed by atoms with E-state index in [1.165, 1.54) is 14.2 Å². The Morgan fingerprint density at radius 2 is 2.00 bits per heavy atom. The first-order valence-corrected chi connectivity index (χ1v) is 3.98. The first-order valence-electron chi connectivity index (χ1n) is 3.98. The van der Waals surface area contributed by atoms with Crippen molar-refractivity contribution in [2.24, 2.45) is 0 Å². The lowest BCUT2D eigenvalue weighted by atomic mass is 10.1. The van der Waals surface area contributed by atoms with Gasteiger partial charge in [-0.3, -0.25) is 5.32 Å². The molecule has 1 aromatic carbocycles. The van der Waals surface area contributed by atoms with Crippen molar-refractivity contribution < 1.29 is 18.6 Å². The number of hydrogen-bond donors (Lipinski definition) is 2. The summed E-state index contributed by atoms with van der Waals surface area (Å²) in [5.41, 5.74) is -0.147. The minimum Gasteiger partial charge on any atom is -0.494 e. The second-order valence-electron chi connectivity index (χ2n) is 2.70. The number of rotatable bonds is 3. The summed E-state index contributed by atoms with van der Waals surface area (Å²) in [5, 5.41) is 11.6. The summed E-state index contributed by atoms with van der Waals surface area (Å²) in [6, 6.07) is 1.79. The fourth-order valence-corrected chi connectivity index (χ4v) is 1.07. The van der Waals surface area contributed by atoms with Crippen molar-refractivity contribution in [1.29, 1.82) is 0 Å². The maximum Gasteiger partial charge on any atom is 0.165 e. The second kappa shape index (κ2) is 4.34. The lowest BCUT2D eigenvalue weighted by Crippen LogP contribution is -2.17. The molecule has 0 aliphatic rings. The van der Waals surface area contributed by atoms with Crippen LogP contribution in [0.4, 0.5) is 8.78 Å². The molecule has 0 radical (unpaired) electrons. The molecule has 1 aromatic rings. The smallest absolute Gasteiger partial charge is 0.165 e. The molecule has 0 saturated carbocycles. The van der Waals surface area contributed by atoms with Gasteiger partial charge in [-0.15, -0.1) is 0 Å². The monoisotopic (exact) mass is 203 g/mol. The average Bonchev–Trinajstić information content (AvgIpc) is 2.19. The van der Waals surface area contributed by atoms with Gasteiger partial charge in [0.05, 0.1) is 7.11 Å². The Morgan fingerprint density at radius 1 is 1.36 bits per heavy atom. The van der Waals surface area contributed by atoms with E-state index in [9.17, 15) is 13.9 Å². The van der Waals surface area contributed by atoms with Crippen LogP contribution in [0.1, 0.15) is 11.8 Å². The summed E-state index contributed by atoms with van der Waals surface area (Å²) < 4.78 is 30.9. The summed E-state index contributed by atoms with van der Waals surface area (Å²) in [4.78, 5) is 0. The van der Waals surface area contributed by atoms with E-state index in [0.717, 1.165) is 12.1 Å². The number of methoxy groups -OCH3 is 1. The molecule has 0 fully saturated rings. The Morgan fingerprint density at radius 3 is 2.50 bits per heavy atom. The van der Waals surface area contributed by atoms with E-state index in [0.29, 0.717) is 0 Å². The Bertz CT molecular complexity index is 331. The van der Waals surface area contributed by atoms with Gasteiger partial charge in [0, 0.05) is 11.6 Å². The van der Waals surface area contributed by atoms with Gasteiger partial charge in [-0.05, 0) is 13.1 Å². The highest BCUT2D eigenvalue weighted by Gasteiger charge is 2.15. The lowest BCUT2D eigenvalue weighted by Gasteiger charge is -2.12. The van der Waals surface area contributed by atoms with Crippen LogP contribution in [-0.4, -0.2) is 19.3 Å². The van der Waals surface area contributed by atoms with Crippen LogP contribution in [0.15, 0.2) is 12.1 Å². The van der Waals surface area contributed by atoms with Gasteiger partial charge in [-0.25, -0.2) is 8.78 Å². The summed E-state index contributed by atoms with van der Waals surface area (Å²) in [5.74, 6) is -1.61.